The minimum atomic E-state index is -0.176. The summed E-state index contributed by atoms with van der Waals surface area (Å²) in [5, 5.41) is 2.98. The molecule has 1 aromatic carbocycles. The van der Waals surface area contributed by atoms with E-state index in [1.807, 2.05) is 26.8 Å². The number of carbonyl (C=O) groups excluding carboxylic acids is 1. The first kappa shape index (κ1) is 13.1. The van der Waals surface area contributed by atoms with Crippen LogP contribution in [0.3, 0.4) is 0 Å². The van der Waals surface area contributed by atoms with Crippen LogP contribution < -0.4 is 11.1 Å². The van der Waals surface area contributed by atoms with E-state index in [9.17, 15) is 4.79 Å². The van der Waals surface area contributed by atoms with Gasteiger partial charge in [0.05, 0.1) is 6.42 Å². The lowest BCUT2D eigenvalue weighted by Crippen LogP contribution is -2.41. The van der Waals surface area contributed by atoms with Gasteiger partial charge < -0.3 is 11.1 Å². The number of hydrogen-bond donors (Lipinski definition) is 2. The Kier molecular flexibility index (Phi) is 3.44. The maximum atomic E-state index is 11.9. The van der Waals surface area contributed by atoms with Gasteiger partial charge in [0.2, 0.25) is 5.91 Å². The summed E-state index contributed by atoms with van der Waals surface area (Å²) in [7, 11) is 0. The Morgan fingerprint density at radius 1 is 1.44 bits per heavy atom. The standard InChI is InChI=1S/C15H22N2O/c1-15(2,3)17-14(18)9-10-4-5-11-6-7-13(16)12(11)8-10/h4-5,8,13H,6-7,9,16H2,1-3H3,(H,17,18). The molecule has 1 unspecified atom stereocenters. The van der Waals surface area contributed by atoms with Crippen LogP contribution in [-0.4, -0.2) is 11.4 Å². The van der Waals surface area contributed by atoms with E-state index in [0.717, 1.165) is 18.4 Å². The molecule has 2 rings (SSSR count). The number of nitrogens with one attached hydrogen (secondary N) is 1. The van der Waals surface area contributed by atoms with Crippen molar-refractivity contribution in [1.29, 1.82) is 0 Å². The Hall–Kier alpha value is -1.35. The zero-order chi connectivity index (χ0) is 13.3. The average Bonchev–Trinajstić information content (AvgIpc) is 2.57. The molecule has 1 amide bonds. The van der Waals surface area contributed by atoms with E-state index in [4.69, 9.17) is 5.73 Å². The summed E-state index contributed by atoms with van der Waals surface area (Å²) < 4.78 is 0. The highest BCUT2D eigenvalue weighted by Gasteiger charge is 2.20. The van der Waals surface area contributed by atoms with Crippen LogP contribution in [0.25, 0.3) is 0 Å². The fourth-order valence-corrected chi connectivity index (χ4v) is 2.44. The van der Waals surface area contributed by atoms with Gasteiger partial charge in [-0.3, -0.25) is 4.79 Å². The topological polar surface area (TPSA) is 55.1 Å². The number of carbonyl (C=O) groups is 1. The Morgan fingerprint density at radius 2 is 2.17 bits per heavy atom. The van der Waals surface area contributed by atoms with E-state index in [-0.39, 0.29) is 17.5 Å². The first-order valence-electron chi connectivity index (χ1n) is 6.53. The Morgan fingerprint density at radius 3 is 2.83 bits per heavy atom. The summed E-state index contributed by atoms with van der Waals surface area (Å²) in [6.07, 6.45) is 2.51. The molecule has 0 radical (unpaired) electrons. The second-order valence-electron chi connectivity index (χ2n) is 6.15. The van der Waals surface area contributed by atoms with Gasteiger partial charge in [0, 0.05) is 11.6 Å². The van der Waals surface area contributed by atoms with Gasteiger partial charge in [-0.05, 0) is 50.3 Å². The number of aryl methyl sites for hydroxylation is 1. The third-order valence-corrected chi connectivity index (χ3v) is 3.21. The average molecular weight is 246 g/mol. The minimum Gasteiger partial charge on any atom is -0.351 e. The largest absolute Gasteiger partial charge is 0.351 e. The molecule has 3 nitrogen and oxygen atoms in total. The molecule has 98 valence electrons. The highest BCUT2D eigenvalue weighted by Crippen LogP contribution is 2.29. The van der Waals surface area contributed by atoms with E-state index in [2.05, 4.69) is 17.4 Å². The van der Waals surface area contributed by atoms with Gasteiger partial charge >= 0.3 is 0 Å². The number of nitrogens with two attached hydrogens (primary N) is 1. The molecular weight excluding hydrogens is 224 g/mol. The van der Waals surface area contributed by atoms with Crippen LogP contribution in [0.1, 0.15) is 49.9 Å². The van der Waals surface area contributed by atoms with Crippen molar-refractivity contribution in [1.82, 2.24) is 5.32 Å². The van der Waals surface area contributed by atoms with E-state index in [0.29, 0.717) is 6.42 Å². The fraction of sp³-hybridized carbons (Fsp3) is 0.533. The number of hydrogen-bond acceptors (Lipinski definition) is 2. The van der Waals surface area contributed by atoms with Crippen LogP contribution in [0.5, 0.6) is 0 Å². The fourth-order valence-electron chi connectivity index (χ4n) is 2.44. The molecule has 0 aliphatic heterocycles. The van der Waals surface area contributed by atoms with Crippen molar-refractivity contribution in [3.63, 3.8) is 0 Å². The van der Waals surface area contributed by atoms with Crippen molar-refractivity contribution in [3.8, 4) is 0 Å². The van der Waals surface area contributed by atoms with Crippen molar-refractivity contribution < 1.29 is 4.79 Å². The normalized spacial score (nSPS) is 18.6. The molecule has 0 aromatic heterocycles. The third-order valence-electron chi connectivity index (χ3n) is 3.21. The molecule has 3 heteroatoms. The van der Waals surface area contributed by atoms with E-state index < -0.39 is 0 Å². The van der Waals surface area contributed by atoms with Crippen molar-refractivity contribution >= 4 is 5.91 Å². The van der Waals surface area contributed by atoms with Crippen LogP contribution in [0.4, 0.5) is 0 Å². The molecule has 0 heterocycles. The molecule has 3 N–H and O–H groups in total. The van der Waals surface area contributed by atoms with Crippen LogP contribution in [-0.2, 0) is 17.6 Å². The molecule has 1 aromatic rings. The molecule has 1 aliphatic carbocycles. The first-order valence-corrected chi connectivity index (χ1v) is 6.53. The minimum absolute atomic E-state index is 0.0639. The van der Waals surface area contributed by atoms with E-state index >= 15 is 0 Å². The maximum Gasteiger partial charge on any atom is 0.224 e. The van der Waals surface area contributed by atoms with Crippen molar-refractivity contribution in [3.05, 3.63) is 34.9 Å². The second kappa shape index (κ2) is 4.73. The summed E-state index contributed by atoms with van der Waals surface area (Å²) in [5.74, 6) is 0.0639. The number of amides is 1. The zero-order valence-corrected chi connectivity index (χ0v) is 11.4. The van der Waals surface area contributed by atoms with Crippen molar-refractivity contribution in [2.45, 2.75) is 51.6 Å². The molecule has 0 bridgehead atoms. The van der Waals surface area contributed by atoms with Crippen LogP contribution >= 0.6 is 0 Å². The van der Waals surface area contributed by atoms with Crippen LogP contribution in [0.2, 0.25) is 0 Å². The molecule has 1 aliphatic rings. The summed E-state index contributed by atoms with van der Waals surface area (Å²) in [4.78, 5) is 11.9. The summed E-state index contributed by atoms with van der Waals surface area (Å²) in [5.41, 5.74) is 9.47. The van der Waals surface area contributed by atoms with E-state index in [1.165, 1.54) is 11.1 Å². The van der Waals surface area contributed by atoms with Gasteiger partial charge in [-0.2, -0.15) is 0 Å². The highest BCUT2D eigenvalue weighted by atomic mass is 16.1. The first-order chi connectivity index (χ1) is 8.35. The van der Waals surface area contributed by atoms with Gasteiger partial charge in [-0.15, -0.1) is 0 Å². The lowest BCUT2D eigenvalue weighted by molar-refractivity contribution is -0.121. The Bertz CT molecular complexity index is 460. The molecule has 1 atom stereocenters. The van der Waals surface area contributed by atoms with Gasteiger partial charge in [-0.25, -0.2) is 0 Å². The van der Waals surface area contributed by atoms with Gasteiger partial charge in [-0.1, -0.05) is 18.2 Å². The van der Waals surface area contributed by atoms with E-state index in [1.54, 1.807) is 0 Å². The molecule has 0 saturated carbocycles. The predicted molar refractivity (Wildman–Crippen MR) is 73.3 cm³/mol. The van der Waals surface area contributed by atoms with Crippen molar-refractivity contribution in [2.75, 3.05) is 0 Å². The van der Waals surface area contributed by atoms with Gasteiger partial charge in [0.25, 0.3) is 0 Å². The van der Waals surface area contributed by atoms with Crippen molar-refractivity contribution in [2.24, 2.45) is 5.73 Å². The maximum absolute atomic E-state index is 11.9. The highest BCUT2D eigenvalue weighted by molar-refractivity contribution is 5.79. The summed E-state index contributed by atoms with van der Waals surface area (Å²) in [6.45, 7) is 5.97. The summed E-state index contributed by atoms with van der Waals surface area (Å²) >= 11 is 0. The molecule has 0 saturated heterocycles. The van der Waals surface area contributed by atoms with Gasteiger partial charge in [0.15, 0.2) is 0 Å². The van der Waals surface area contributed by atoms with Gasteiger partial charge in [0.1, 0.15) is 0 Å². The monoisotopic (exact) mass is 246 g/mol. The third kappa shape index (κ3) is 3.10. The molecular formula is C15H22N2O. The Labute approximate surface area is 109 Å². The summed E-state index contributed by atoms with van der Waals surface area (Å²) in [6, 6.07) is 6.39. The molecule has 0 spiro atoms. The predicted octanol–water partition coefficient (Wildman–Crippen LogP) is 2.09. The molecule has 0 fully saturated rings. The Balaban J connectivity index is 2.07. The molecule has 18 heavy (non-hydrogen) atoms. The lowest BCUT2D eigenvalue weighted by atomic mass is 10.0. The number of benzene rings is 1. The SMILES string of the molecule is CC(C)(C)NC(=O)Cc1ccc2c(c1)C(N)CC2. The van der Waals surface area contributed by atoms with Crippen LogP contribution in [0.15, 0.2) is 18.2 Å². The number of fused-ring (bicyclic) bond motifs is 1. The number of rotatable bonds is 2. The van der Waals surface area contributed by atoms with Crippen LogP contribution in [0, 0.1) is 0 Å². The lowest BCUT2D eigenvalue weighted by Gasteiger charge is -2.20. The second-order valence-corrected chi connectivity index (χ2v) is 6.15. The zero-order valence-electron chi connectivity index (χ0n) is 11.4. The smallest absolute Gasteiger partial charge is 0.224 e. The quantitative estimate of drug-likeness (QED) is 0.839.